The first kappa shape index (κ1) is 14.4. The van der Waals surface area contributed by atoms with Crippen LogP contribution in [-0.2, 0) is 14.4 Å². The van der Waals surface area contributed by atoms with E-state index in [1.165, 1.54) is 12.3 Å². The number of aliphatic carboxylic acids is 1. The zero-order chi connectivity index (χ0) is 13.7. The molecule has 0 atom stereocenters. The van der Waals surface area contributed by atoms with E-state index in [1.807, 2.05) is 0 Å². The van der Waals surface area contributed by atoms with E-state index in [9.17, 15) is 9.59 Å². The highest BCUT2D eigenvalue weighted by atomic mass is 35.5. The van der Waals surface area contributed by atoms with Gasteiger partial charge in [0.1, 0.15) is 12.3 Å². The van der Waals surface area contributed by atoms with Crippen molar-refractivity contribution in [3.05, 3.63) is 11.1 Å². The minimum absolute atomic E-state index is 0.0860. The van der Waals surface area contributed by atoms with Crippen molar-refractivity contribution in [1.82, 2.24) is 4.98 Å². The minimum atomic E-state index is -1.27. The first-order chi connectivity index (χ1) is 8.47. The number of carbonyl (C=O) groups excluding carboxylic acids is 1. The summed E-state index contributed by atoms with van der Waals surface area (Å²) in [5, 5.41) is 14.0. The lowest BCUT2D eigenvalue weighted by Gasteiger charge is -2.05. The van der Waals surface area contributed by atoms with Gasteiger partial charge in [0.15, 0.2) is 0 Å². The third-order valence-corrected chi connectivity index (χ3v) is 2.99. The number of amides is 1. The average molecular weight is 292 g/mol. The van der Waals surface area contributed by atoms with Gasteiger partial charge in [-0.15, -0.1) is 11.3 Å². The molecule has 0 bridgehead atoms. The number of nitrogens with zero attached hydrogens (tertiary/aromatic N) is 3. The van der Waals surface area contributed by atoms with Gasteiger partial charge >= 0.3 is 5.97 Å². The van der Waals surface area contributed by atoms with Crippen molar-refractivity contribution in [1.29, 1.82) is 0 Å². The first-order valence-corrected chi connectivity index (χ1v) is 6.04. The topological polar surface area (TPSA) is 92.1 Å². The highest BCUT2D eigenvalue weighted by molar-refractivity contribution is 7.14. The fraction of sp³-hybridized carbons (Fsp3) is 0.333. The van der Waals surface area contributed by atoms with Crippen LogP contribution in [0.2, 0.25) is 0 Å². The lowest BCUT2D eigenvalue weighted by molar-refractivity contribution is -0.129. The second-order valence-corrected chi connectivity index (χ2v) is 4.15. The second-order valence-electron chi connectivity index (χ2n) is 2.98. The number of aromatic nitrogens is 1. The normalized spacial score (nSPS) is 11.2. The Hall–Kier alpha value is -1.67. The maximum atomic E-state index is 11.0. The predicted octanol–water partition coefficient (Wildman–Crippen LogP) is 1.48. The Morgan fingerprint density at radius 2 is 2.33 bits per heavy atom. The first-order valence-electron chi connectivity index (χ1n) is 4.83. The Bertz CT molecular complexity index is 488. The van der Waals surface area contributed by atoms with Gasteiger partial charge < -0.3 is 9.94 Å². The maximum Gasteiger partial charge on any atom is 0.360 e. The van der Waals surface area contributed by atoms with E-state index in [4.69, 9.17) is 16.9 Å². The number of halogens is 1. The molecule has 1 aromatic heterocycles. The number of anilines is 1. The number of carboxylic acid groups (broad SMARTS) is 1. The van der Waals surface area contributed by atoms with Gasteiger partial charge in [-0.3, -0.25) is 4.79 Å². The number of carbonyl (C=O) groups is 2. The maximum absolute atomic E-state index is 11.0. The van der Waals surface area contributed by atoms with Crippen molar-refractivity contribution >= 4 is 45.8 Å². The van der Waals surface area contributed by atoms with Crippen molar-refractivity contribution < 1.29 is 19.5 Å². The zero-order valence-corrected chi connectivity index (χ0v) is 11.2. The molecule has 0 aliphatic rings. The standard InChI is InChI=1S/C9H10ClN3O4S/c1-3-17-12-7(8(15)16)6-4-18-9(11-6)13(10)5(2)14/h4H,3H2,1-2H3,(H,15,16). The fourth-order valence-electron chi connectivity index (χ4n) is 0.922. The smallest absolute Gasteiger partial charge is 0.360 e. The second kappa shape index (κ2) is 6.31. The van der Waals surface area contributed by atoms with Crippen LogP contribution in [0.1, 0.15) is 19.5 Å². The van der Waals surface area contributed by atoms with Crippen LogP contribution in [0.3, 0.4) is 0 Å². The number of rotatable bonds is 5. The van der Waals surface area contributed by atoms with Gasteiger partial charge in [0.2, 0.25) is 16.8 Å². The Balaban J connectivity index is 3.02. The molecule has 0 saturated carbocycles. The summed E-state index contributed by atoms with van der Waals surface area (Å²) in [6.45, 7) is 3.18. The summed E-state index contributed by atoms with van der Waals surface area (Å²) in [5.74, 6) is -1.69. The van der Waals surface area contributed by atoms with Crippen LogP contribution in [0.5, 0.6) is 0 Å². The molecule has 0 radical (unpaired) electrons. The SMILES string of the molecule is CCON=C(C(=O)O)c1csc(N(Cl)C(C)=O)n1. The van der Waals surface area contributed by atoms with E-state index in [-0.39, 0.29) is 23.1 Å². The number of thiazole rings is 1. The highest BCUT2D eigenvalue weighted by Gasteiger charge is 2.20. The Kier molecular flexibility index (Phi) is 5.05. The lowest BCUT2D eigenvalue weighted by atomic mass is 10.3. The molecule has 0 fully saturated rings. The molecule has 1 amide bonds. The largest absolute Gasteiger partial charge is 0.476 e. The molecule has 1 aromatic rings. The number of hydrogen-bond donors (Lipinski definition) is 1. The average Bonchev–Trinajstić information content (AvgIpc) is 2.77. The number of carboxylic acids is 1. The minimum Gasteiger partial charge on any atom is -0.476 e. The summed E-state index contributed by atoms with van der Waals surface area (Å²) < 4.78 is 0.800. The van der Waals surface area contributed by atoms with Crippen molar-refractivity contribution in [3.63, 3.8) is 0 Å². The monoisotopic (exact) mass is 291 g/mol. The Morgan fingerprint density at radius 3 is 2.83 bits per heavy atom. The molecule has 9 heteroatoms. The zero-order valence-electron chi connectivity index (χ0n) is 9.58. The fourth-order valence-corrected chi connectivity index (χ4v) is 1.83. The molecule has 1 N–H and O–H groups in total. The van der Waals surface area contributed by atoms with Crippen LogP contribution in [0.4, 0.5) is 5.13 Å². The molecule has 0 aliphatic carbocycles. The van der Waals surface area contributed by atoms with E-state index in [0.29, 0.717) is 0 Å². The summed E-state index contributed by atoms with van der Waals surface area (Å²) in [6.07, 6.45) is 0. The van der Waals surface area contributed by atoms with Gasteiger partial charge in [0.25, 0.3) is 0 Å². The van der Waals surface area contributed by atoms with E-state index in [2.05, 4.69) is 15.0 Å². The van der Waals surface area contributed by atoms with Gasteiger partial charge in [-0.1, -0.05) is 5.16 Å². The molecule has 0 aliphatic heterocycles. The lowest BCUT2D eigenvalue weighted by Crippen LogP contribution is -2.18. The van der Waals surface area contributed by atoms with Gasteiger partial charge in [0.05, 0.1) is 0 Å². The summed E-state index contributed by atoms with van der Waals surface area (Å²) in [7, 11) is 0. The Labute approximate surface area is 112 Å². The highest BCUT2D eigenvalue weighted by Crippen LogP contribution is 2.22. The summed E-state index contributed by atoms with van der Waals surface area (Å²) in [6, 6.07) is 0. The van der Waals surface area contributed by atoms with Gasteiger partial charge in [-0.2, -0.15) is 4.42 Å². The van der Waals surface area contributed by atoms with E-state index in [1.54, 1.807) is 6.92 Å². The summed E-state index contributed by atoms with van der Waals surface area (Å²) in [5.41, 5.74) is -0.254. The molecular weight excluding hydrogens is 282 g/mol. The molecule has 1 heterocycles. The molecule has 0 saturated heterocycles. The third-order valence-electron chi connectivity index (χ3n) is 1.67. The van der Waals surface area contributed by atoms with Crippen molar-refractivity contribution in [2.24, 2.45) is 5.16 Å². The third kappa shape index (κ3) is 3.41. The Morgan fingerprint density at radius 1 is 1.67 bits per heavy atom. The molecule has 1 rings (SSSR count). The van der Waals surface area contributed by atoms with Crippen LogP contribution >= 0.6 is 23.1 Å². The van der Waals surface area contributed by atoms with Crippen molar-refractivity contribution in [2.75, 3.05) is 11.0 Å². The van der Waals surface area contributed by atoms with Crippen LogP contribution in [-0.4, -0.2) is 34.3 Å². The van der Waals surface area contributed by atoms with Crippen LogP contribution in [0.25, 0.3) is 0 Å². The number of hydrogen-bond acceptors (Lipinski definition) is 6. The molecule has 0 aromatic carbocycles. The van der Waals surface area contributed by atoms with Gasteiger partial charge in [-0.25, -0.2) is 9.78 Å². The van der Waals surface area contributed by atoms with Gasteiger partial charge in [-0.05, 0) is 6.92 Å². The molecule has 0 spiro atoms. The quantitative estimate of drug-likeness (QED) is 0.504. The van der Waals surface area contributed by atoms with E-state index < -0.39 is 11.9 Å². The van der Waals surface area contributed by atoms with Crippen molar-refractivity contribution in [2.45, 2.75) is 13.8 Å². The molecule has 7 nitrogen and oxygen atoms in total. The molecule has 98 valence electrons. The predicted molar refractivity (Wildman–Crippen MR) is 66.9 cm³/mol. The number of oxime groups is 1. The van der Waals surface area contributed by atoms with Crippen molar-refractivity contribution in [3.8, 4) is 0 Å². The van der Waals surface area contributed by atoms with Crippen LogP contribution < -0.4 is 4.42 Å². The summed E-state index contributed by atoms with van der Waals surface area (Å²) >= 11 is 6.68. The van der Waals surface area contributed by atoms with Gasteiger partial charge in [0, 0.05) is 24.1 Å². The van der Waals surface area contributed by atoms with Crippen LogP contribution in [0.15, 0.2) is 10.5 Å². The van der Waals surface area contributed by atoms with E-state index in [0.717, 1.165) is 15.8 Å². The molecular formula is C9H10ClN3O4S. The molecule has 0 unspecified atom stereocenters. The van der Waals surface area contributed by atoms with Crippen LogP contribution in [0, 0.1) is 0 Å². The molecule has 18 heavy (non-hydrogen) atoms. The summed E-state index contributed by atoms with van der Waals surface area (Å²) in [4.78, 5) is 30.6. The van der Waals surface area contributed by atoms with E-state index >= 15 is 0 Å².